The van der Waals surface area contributed by atoms with Gasteiger partial charge in [-0.25, -0.2) is 0 Å². The third kappa shape index (κ3) is 3.84. The minimum atomic E-state index is 0.197. The third-order valence-corrected chi connectivity index (χ3v) is 4.37. The summed E-state index contributed by atoms with van der Waals surface area (Å²) in [5, 5.41) is 0. The fraction of sp³-hybridized carbons (Fsp3) is 0.412. The Hall–Kier alpha value is -1.28. The van der Waals surface area contributed by atoms with Crippen LogP contribution in [0.4, 0.5) is 0 Å². The second kappa shape index (κ2) is 5.79. The summed E-state index contributed by atoms with van der Waals surface area (Å²) in [6.07, 6.45) is 1.10. The van der Waals surface area contributed by atoms with Gasteiger partial charge in [0, 0.05) is 9.75 Å². The van der Waals surface area contributed by atoms with Crippen molar-refractivity contribution in [1.29, 1.82) is 0 Å². The minimum absolute atomic E-state index is 0.197. The van der Waals surface area contributed by atoms with Gasteiger partial charge in [-0.3, -0.25) is 0 Å². The number of hydrogen-bond donors (Lipinski definition) is 0. The Morgan fingerprint density at radius 2 is 1.58 bits per heavy atom. The van der Waals surface area contributed by atoms with Gasteiger partial charge in [0.1, 0.15) is 12.4 Å². The summed E-state index contributed by atoms with van der Waals surface area (Å²) in [6, 6.07) is 12.8. The highest BCUT2D eigenvalue weighted by Gasteiger charge is 2.12. The molecule has 1 aromatic heterocycles. The maximum Gasteiger partial charge on any atom is 0.122 e. The van der Waals surface area contributed by atoms with Crippen molar-refractivity contribution in [2.45, 2.75) is 46.1 Å². The molecule has 0 radical (unpaired) electrons. The zero-order valence-electron chi connectivity index (χ0n) is 12.2. The summed E-state index contributed by atoms with van der Waals surface area (Å²) in [5.41, 5.74) is 1.53. The third-order valence-electron chi connectivity index (χ3n) is 3.17. The van der Waals surface area contributed by atoms with E-state index in [0.29, 0.717) is 6.61 Å². The Morgan fingerprint density at radius 3 is 2.11 bits per heavy atom. The lowest BCUT2D eigenvalue weighted by Crippen LogP contribution is -2.10. The SMILES string of the molecule is CCc1ccc(COc2ccc(C(C)(C)C)cc2)s1. The fourth-order valence-corrected chi connectivity index (χ4v) is 2.77. The zero-order chi connectivity index (χ0) is 13.9. The van der Waals surface area contributed by atoms with Crippen LogP contribution in [0.25, 0.3) is 0 Å². The van der Waals surface area contributed by atoms with Crippen molar-refractivity contribution >= 4 is 11.3 Å². The van der Waals surface area contributed by atoms with Crippen molar-refractivity contribution < 1.29 is 4.74 Å². The molecule has 0 fully saturated rings. The van der Waals surface area contributed by atoms with Crippen molar-refractivity contribution in [2.75, 3.05) is 0 Å². The first-order chi connectivity index (χ1) is 8.99. The van der Waals surface area contributed by atoms with Crippen molar-refractivity contribution in [2.24, 2.45) is 0 Å². The molecule has 102 valence electrons. The van der Waals surface area contributed by atoms with Gasteiger partial charge in [0.25, 0.3) is 0 Å². The topological polar surface area (TPSA) is 9.23 Å². The van der Waals surface area contributed by atoms with E-state index in [-0.39, 0.29) is 5.41 Å². The van der Waals surface area contributed by atoms with Crippen LogP contribution in [0.15, 0.2) is 36.4 Å². The van der Waals surface area contributed by atoms with Crippen LogP contribution in [0.5, 0.6) is 5.75 Å². The van der Waals surface area contributed by atoms with Gasteiger partial charge < -0.3 is 4.74 Å². The van der Waals surface area contributed by atoms with E-state index < -0.39 is 0 Å². The van der Waals surface area contributed by atoms with Gasteiger partial charge in [-0.05, 0) is 41.7 Å². The Balaban J connectivity index is 1.96. The van der Waals surface area contributed by atoms with Crippen molar-refractivity contribution in [1.82, 2.24) is 0 Å². The first-order valence-corrected chi connectivity index (χ1v) is 7.61. The largest absolute Gasteiger partial charge is 0.488 e. The predicted molar refractivity (Wildman–Crippen MR) is 83.2 cm³/mol. The molecule has 0 atom stereocenters. The second-order valence-electron chi connectivity index (χ2n) is 5.78. The number of thiophene rings is 1. The molecule has 0 saturated carbocycles. The van der Waals surface area contributed by atoms with E-state index in [2.05, 4.69) is 64.1 Å². The molecular weight excluding hydrogens is 252 g/mol. The first kappa shape index (κ1) is 14.1. The second-order valence-corrected chi connectivity index (χ2v) is 7.04. The standard InChI is InChI=1S/C17H22OS/c1-5-15-10-11-16(19-15)12-18-14-8-6-13(7-9-14)17(2,3)4/h6-11H,5,12H2,1-4H3. The zero-order valence-corrected chi connectivity index (χ0v) is 13.0. The van der Waals surface area contributed by atoms with Crippen LogP contribution in [0, 0.1) is 0 Å². The quantitative estimate of drug-likeness (QED) is 0.745. The van der Waals surface area contributed by atoms with E-state index in [0.717, 1.165) is 12.2 Å². The summed E-state index contributed by atoms with van der Waals surface area (Å²) in [5.74, 6) is 0.944. The van der Waals surface area contributed by atoms with Gasteiger partial charge in [-0.15, -0.1) is 11.3 Å². The molecule has 0 aliphatic heterocycles. The molecule has 0 amide bonds. The Morgan fingerprint density at radius 1 is 0.947 bits per heavy atom. The van der Waals surface area contributed by atoms with Gasteiger partial charge in [-0.1, -0.05) is 39.8 Å². The summed E-state index contributed by atoms with van der Waals surface area (Å²) in [4.78, 5) is 2.71. The molecule has 1 nitrogen and oxygen atoms in total. The van der Waals surface area contributed by atoms with Crippen molar-refractivity contribution in [3.63, 3.8) is 0 Å². The molecule has 1 aromatic carbocycles. The molecule has 2 rings (SSSR count). The average Bonchev–Trinajstić information content (AvgIpc) is 2.84. The lowest BCUT2D eigenvalue weighted by atomic mass is 9.87. The van der Waals surface area contributed by atoms with E-state index in [1.807, 2.05) is 11.3 Å². The lowest BCUT2D eigenvalue weighted by molar-refractivity contribution is 0.309. The highest BCUT2D eigenvalue weighted by Crippen LogP contribution is 2.25. The monoisotopic (exact) mass is 274 g/mol. The molecule has 2 aromatic rings. The molecule has 0 aliphatic rings. The Labute approximate surface area is 120 Å². The summed E-state index contributed by atoms with van der Waals surface area (Å²) in [7, 11) is 0. The van der Waals surface area contributed by atoms with Gasteiger partial charge in [-0.2, -0.15) is 0 Å². The molecule has 0 aliphatic carbocycles. The van der Waals surface area contributed by atoms with Crippen LogP contribution in [-0.4, -0.2) is 0 Å². The highest BCUT2D eigenvalue weighted by atomic mass is 32.1. The van der Waals surface area contributed by atoms with Gasteiger partial charge in [0.05, 0.1) is 0 Å². The van der Waals surface area contributed by atoms with Crippen LogP contribution >= 0.6 is 11.3 Å². The molecule has 0 bridgehead atoms. The van der Waals surface area contributed by atoms with Crippen LogP contribution in [0.1, 0.15) is 43.0 Å². The molecule has 19 heavy (non-hydrogen) atoms. The predicted octanol–water partition coefficient (Wildman–Crippen LogP) is 5.19. The van der Waals surface area contributed by atoms with Crippen LogP contribution in [0.2, 0.25) is 0 Å². The van der Waals surface area contributed by atoms with Crippen LogP contribution in [0.3, 0.4) is 0 Å². The average molecular weight is 274 g/mol. The maximum absolute atomic E-state index is 5.83. The number of ether oxygens (including phenoxy) is 1. The lowest BCUT2D eigenvalue weighted by Gasteiger charge is -2.19. The summed E-state index contributed by atoms with van der Waals surface area (Å²) < 4.78 is 5.83. The van der Waals surface area contributed by atoms with Gasteiger partial charge in [0.2, 0.25) is 0 Å². The number of rotatable bonds is 4. The summed E-state index contributed by atoms with van der Waals surface area (Å²) in [6.45, 7) is 9.52. The van der Waals surface area contributed by atoms with Gasteiger partial charge in [0.15, 0.2) is 0 Å². The van der Waals surface area contributed by atoms with E-state index in [1.165, 1.54) is 15.3 Å². The van der Waals surface area contributed by atoms with Crippen molar-refractivity contribution in [3.05, 3.63) is 51.7 Å². The maximum atomic E-state index is 5.83. The van der Waals surface area contributed by atoms with E-state index in [1.54, 1.807) is 0 Å². The molecule has 0 N–H and O–H groups in total. The molecule has 0 saturated heterocycles. The highest BCUT2D eigenvalue weighted by molar-refractivity contribution is 7.11. The van der Waals surface area contributed by atoms with Gasteiger partial charge >= 0.3 is 0 Å². The molecule has 2 heteroatoms. The Kier molecular flexibility index (Phi) is 4.31. The number of aryl methyl sites for hydroxylation is 1. The number of hydrogen-bond acceptors (Lipinski definition) is 2. The van der Waals surface area contributed by atoms with Crippen LogP contribution < -0.4 is 4.74 Å². The number of benzene rings is 1. The molecule has 0 unspecified atom stereocenters. The van der Waals surface area contributed by atoms with E-state index in [9.17, 15) is 0 Å². The van der Waals surface area contributed by atoms with E-state index >= 15 is 0 Å². The summed E-state index contributed by atoms with van der Waals surface area (Å²) >= 11 is 1.83. The minimum Gasteiger partial charge on any atom is -0.488 e. The first-order valence-electron chi connectivity index (χ1n) is 6.80. The normalized spacial score (nSPS) is 11.6. The fourth-order valence-electron chi connectivity index (χ4n) is 1.90. The molecule has 0 spiro atoms. The molecule has 1 heterocycles. The Bertz CT molecular complexity index is 517. The van der Waals surface area contributed by atoms with Crippen LogP contribution in [-0.2, 0) is 18.4 Å². The molecular formula is C17H22OS. The van der Waals surface area contributed by atoms with E-state index in [4.69, 9.17) is 4.74 Å². The smallest absolute Gasteiger partial charge is 0.122 e. The van der Waals surface area contributed by atoms with Crippen molar-refractivity contribution in [3.8, 4) is 5.75 Å².